The maximum Gasteiger partial charge on any atom is 0.0540 e. The normalized spacial score (nSPS) is 19.5. The van der Waals surface area contributed by atoms with E-state index in [-0.39, 0.29) is 0 Å². The molecule has 1 saturated heterocycles. The van der Waals surface area contributed by atoms with Gasteiger partial charge in [-0.05, 0) is 65.9 Å². The van der Waals surface area contributed by atoms with Gasteiger partial charge in [0.15, 0.2) is 0 Å². The van der Waals surface area contributed by atoms with Crippen molar-refractivity contribution in [3.05, 3.63) is 27.7 Å². The minimum Gasteiger partial charge on any atom is -0.370 e. The van der Waals surface area contributed by atoms with Gasteiger partial charge in [0.1, 0.15) is 0 Å². The number of anilines is 1. The Labute approximate surface area is 125 Å². The maximum absolute atomic E-state index is 3.73. The molecule has 1 aliphatic heterocycles. The number of benzene rings is 1. The standard InChI is InChI=1S/C16H25BrN2/c1-11(2)18-9-14-5-6-19(10-14)16-13(4)7-12(3)8-15(16)17/h7-8,11,14,18H,5-6,9-10H2,1-4H3. The molecule has 0 aliphatic carbocycles. The number of hydrogen-bond acceptors (Lipinski definition) is 2. The molecule has 2 rings (SSSR count). The number of halogens is 1. The van der Waals surface area contributed by atoms with Crippen LogP contribution < -0.4 is 10.2 Å². The molecule has 3 heteroatoms. The molecule has 1 aliphatic rings. The van der Waals surface area contributed by atoms with Gasteiger partial charge in [0, 0.05) is 23.6 Å². The minimum atomic E-state index is 0.585. The van der Waals surface area contributed by atoms with Gasteiger partial charge in [0.05, 0.1) is 5.69 Å². The van der Waals surface area contributed by atoms with E-state index in [2.05, 4.69) is 66.0 Å². The van der Waals surface area contributed by atoms with Crippen molar-refractivity contribution >= 4 is 21.6 Å². The first kappa shape index (κ1) is 14.9. The first-order valence-electron chi connectivity index (χ1n) is 7.22. The summed E-state index contributed by atoms with van der Waals surface area (Å²) in [7, 11) is 0. The Kier molecular flexibility index (Phi) is 4.91. The fraction of sp³-hybridized carbons (Fsp3) is 0.625. The third-order valence-corrected chi connectivity index (χ3v) is 4.42. The van der Waals surface area contributed by atoms with E-state index in [1.807, 2.05) is 0 Å². The van der Waals surface area contributed by atoms with Crippen LogP contribution in [0.25, 0.3) is 0 Å². The molecule has 106 valence electrons. The van der Waals surface area contributed by atoms with Crippen LogP contribution in [0.1, 0.15) is 31.4 Å². The van der Waals surface area contributed by atoms with Gasteiger partial charge in [-0.1, -0.05) is 19.9 Å². The molecule has 0 saturated carbocycles. The number of nitrogens with one attached hydrogen (secondary N) is 1. The Morgan fingerprint density at radius 2 is 2.11 bits per heavy atom. The number of aryl methyl sites for hydroxylation is 2. The summed E-state index contributed by atoms with van der Waals surface area (Å²) in [5.74, 6) is 0.773. The second-order valence-electron chi connectivity index (χ2n) is 6.08. The van der Waals surface area contributed by atoms with E-state index >= 15 is 0 Å². The molecule has 1 heterocycles. The van der Waals surface area contributed by atoms with Gasteiger partial charge in [0.25, 0.3) is 0 Å². The molecule has 0 radical (unpaired) electrons. The van der Waals surface area contributed by atoms with Gasteiger partial charge < -0.3 is 10.2 Å². The molecular weight excluding hydrogens is 300 g/mol. The summed E-state index contributed by atoms with van der Waals surface area (Å²) in [6.45, 7) is 12.3. The summed E-state index contributed by atoms with van der Waals surface area (Å²) in [6.07, 6.45) is 1.29. The SMILES string of the molecule is Cc1cc(C)c(N2CCC(CNC(C)C)C2)c(Br)c1. The molecule has 0 spiro atoms. The molecule has 1 atom stereocenters. The summed E-state index contributed by atoms with van der Waals surface area (Å²) < 4.78 is 1.24. The van der Waals surface area contributed by atoms with E-state index in [0.29, 0.717) is 6.04 Å². The Balaban J connectivity index is 2.05. The molecule has 1 N–H and O–H groups in total. The van der Waals surface area contributed by atoms with Crippen LogP contribution in [0.2, 0.25) is 0 Å². The minimum absolute atomic E-state index is 0.585. The molecule has 0 aromatic heterocycles. The predicted octanol–water partition coefficient (Wildman–Crippen LogP) is 3.89. The van der Waals surface area contributed by atoms with Crippen LogP contribution >= 0.6 is 15.9 Å². The summed E-state index contributed by atoms with van der Waals surface area (Å²) >= 11 is 3.73. The van der Waals surface area contributed by atoms with Crippen molar-refractivity contribution in [1.82, 2.24) is 5.32 Å². The zero-order valence-electron chi connectivity index (χ0n) is 12.5. The van der Waals surface area contributed by atoms with Crippen molar-refractivity contribution in [3.63, 3.8) is 0 Å². The largest absolute Gasteiger partial charge is 0.370 e. The summed E-state index contributed by atoms with van der Waals surface area (Å²) in [4.78, 5) is 2.53. The topological polar surface area (TPSA) is 15.3 Å². The highest BCUT2D eigenvalue weighted by Gasteiger charge is 2.25. The molecule has 0 bridgehead atoms. The second kappa shape index (κ2) is 6.27. The van der Waals surface area contributed by atoms with E-state index < -0.39 is 0 Å². The molecule has 1 unspecified atom stereocenters. The lowest BCUT2D eigenvalue weighted by Crippen LogP contribution is -2.30. The van der Waals surface area contributed by atoms with Gasteiger partial charge in [-0.3, -0.25) is 0 Å². The number of nitrogens with zero attached hydrogens (tertiary/aromatic N) is 1. The third kappa shape index (κ3) is 3.73. The van der Waals surface area contributed by atoms with Crippen LogP contribution in [0.5, 0.6) is 0 Å². The third-order valence-electron chi connectivity index (χ3n) is 3.82. The van der Waals surface area contributed by atoms with Crippen LogP contribution in [-0.2, 0) is 0 Å². The molecule has 2 nitrogen and oxygen atoms in total. The van der Waals surface area contributed by atoms with E-state index in [0.717, 1.165) is 12.5 Å². The molecule has 1 fully saturated rings. The van der Waals surface area contributed by atoms with Gasteiger partial charge in [-0.25, -0.2) is 0 Å². The van der Waals surface area contributed by atoms with Crippen LogP contribution in [0.4, 0.5) is 5.69 Å². The highest BCUT2D eigenvalue weighted by molar-refractivity contribution is 9.10. The van der Waals surface area contributed by atoms with Crippen LogP contribution in [0.3, 0.4) is 0 Å². The van der Waals surface area contributed by atoms with Crippen LogP contribution in [-0.4, -0.2) is 25.7 Å². The number of rotatable bonds is 4. The first-order chi connectivity index (χ1) is 8.97. The van der Waals surface area contributed by atoms with Gasteiger partial charge in [-0.15, -0.1) is 0 Å². The second-order valence-corrected chi connectivity index (χ2v) is 6.93. The molecule has 1 aromatic rings. The Bertz CT molecular complexity index is 419. The lowest BCUT2D eigenvalue weighted by Gasteiger charge is -2.23. The quantitative estimate of drug-likeness (QED) is 0.903. The lowest BCUT2D eigenvalue weighted by molar-refractivity contribution is 0.480. The van der Waals surface area contributed by atoms with Gasteiger partial charge in [-0.2, -0.15) is 0 Å². The van der Waals surface area contributed by atoms with Crippen LogP contribution in [0, 0.1) is 19.8 Å². The van der Waals surface area contributed by atoms with Crippen molar-refractivity contribution < 1.29 is 0 Å². The van der Waals surface area contributed by atoms with Gasteiger partial charge in [0.2, 0.25) is 0 Å². The Morgan fingerprint density at radius 3 is 2.74 bits per heavy atom. The fourth-order valence-corrected chi connectivity index (χ4v) is 3.84. The lowest BCUT2D eigenvalue weighted by atomic mass is 10.1. The monoisotopic (exact) mass is 324 g/mol. The molecule has 19 heavy (non-hydrogen) atoms. The highest BCUT2D eigenvalue weighted by atomic mass is 79.9. The van der Waals surface area contributed by atoms with Gasteiger partial charge >= 0.3 is 0 Å². The summed E-state index contributed by atoms with van der Waals surface area (Å²) in [5.41, 5.74) is 4.09. The molecule has 1 aromatic carbocycles. The first-order valence-corrected chi connectivity index (χ1v) is 8.01. The van der Waals surface area contributed by atoms with Crippen molar-refractivity contribution in [2.24, 2.45) is 5.92 Å². The van der Waals surface area contributed by atoms with E-state index in [1.165, 1.54) is 40.8 Å². The highest BCUT2D eigenvalue weighted by Crippen LogP contribution is 2.34. The molecular formula is C16H25BrN2. The van der Waals surface area contributed by atoms with E-state index in [1.54, 1.807) is 0 Å². The van der Waals surface area contributed by atoms with Crippen molar-refractivity contribution in [3.8, 4) is 0 Å². The summed E-state index contributed by atoms with van der Waals surface area (Å²) in [5, 5.41) is 3.56. The van der Waals surface area contributed by atoms with Crippen molar-refractivity contribution in [1.29, 1.82) is 0 Å². The maximum atomic E-state index is 3.73. The summed E-state index contributed by atoms with van der Waals surface area (Å²) in [6, 6.07) is 5.09. The van der Waals surface area contributed by atoms with Crippen LogP contribution in [0.15, 0.2) is 16.6 Å². The predicted molar refractivity (Wildman–Crippen MR) is 87.1 cm³/mol. The van der Waals surface area contributed by atoms with Crippen molar-refractivity contribution in [2.45, 2.75) is 40.2 Å². The number of hydrogen-bond donors (Lipinski definition) is 1. The zero-order valence-corrected chi connectivity index (χ0v) is 14.0. The van der Waals surface area contributed by atoms with Crippen molar-refractivity contribution in [2.75, 3.05) is 24.5 Å². The zero-order chi connectivity index (χ0) is 14.0. The smallest absolute Gasteiger partial charge is 0.0540 e. The van der Waals surface area contributed by atoms with E-state index in [4.69, 9.17) is 0 Å². The average Bonchev–Trinajstić information content (AvgIpc) is 2.73. The Morgan fingerprint density at radius 1 is 1.37 bits per heavy atom. The Hall–Kier alpha value is -0.540. The average molecular weight is 325 g/mol. The van der Waals surface area contributed by atoms with E-state index in [9.17, 15) is 0 Å². The molecule has 0 amide bonds. The fourth-order valence-electron chi connectivity index (χ4n) is 2.91.